The molecule has 4 heteroatoms. The Balaban J connectivity index is 1.61. The van der Waals surface area contributed by atoms with Gasteiger partial charge < -0.3 is 9.64 Å². The smallest absolute Gasteiger partial charge is 0.219 e. The number of methoxy groups -OCH3 is 1. The maximum absolute atomic E-state index is 11.5. The molecule has 126 valence electrons. The van der Waals surface area contributed by atoms with E-state index in [1.807, 2.05) is 4.90 Å². The van der Waals surface area contributed by atoms with Crippen molar-refractivity contribution in [2.45, 2.75) is 39.7 Å². The average molecular weight is 316 g/mol. The molecular formula is C19H28N2O2. The van der Waals surface area contributed by atoms with Crippen LogP contribution in [0.4, 0.5) is 0 Å². The van der Waals surface area contributed by atoms with Crippen LogP contribution in [-0.4, -0.2) is 49.0 Å². The number of hydrogen-bond acceptors (Lipinski definition) is 3. The third-order valence-corrected chi connectivity index (χ3v) is 5.37. The number of rotatable bonds is 4. The lowest BCUT2D eigenvalue weighted by Crippen LogP contribution is -2.57. The van der Waals surface area contributed by atoms with Gasteiger partial charge in [0.1, 0.15) is 5.75 Å². The van der Waals surface area contributed by atoms with Gasteiger partial charge in [0, 0.05) is 50.6 Å². The highest BCUT2D eigenvalue weighted by Gasteiger charge is 2.47. The number of carbonyl (C=O) groups is 1. The van der Waals surface area contributed by atoms with E-state index < -0.39 is 0 Å². The van der Waals surface area contributed by atoms with Gasteiger partial charge in [-0.2, -0.15) is 0 Å². The largest absolute Gasteiger partial charge is 0.496 e. The molecule has 0 radical (unpaired) electrons. The summed E-state index contributed by atoms with van der Waals surface area (Å²) < 4.78 is 5.59. The van der Waals surface area contributed by atoms with Gasteiger partial charge in [-0.15, -0.1) is 0 Å². The third-order valence-electron chi connectivity index (χ3n) is 5.37. The van der Waals surface area contributed by atoms with E-state index in [1.165, 1.54) is 11.1 Å². The standard InChI is InChI=1S/C19H28N2O2/c1-14(2)16-5-6-17(18(9-16)23-4)10-20-11-19(12-20)7-8-21(13-19)15(3)22/h5-6,9,14H,7-8,10-13H2,1-4H3. The predicted molar refractivity (Wildman–Crippen MR) is 91.7 cm³/mol. The zero-order chi connectivity index (χ0) is 16.6. The second-order valence-electron chi connectivity index (χ2n) is 7.56. The van der Waals surface area contributed by atoms with Crippen LogP contribution in [0.15, 0.2) is 18.2 Å². The van der Waals surface area contributed by atoms with Crippen LogP contribution in [0.2, 0.25) is 0 Å². The highest BCUT2D eigenvalue weighted by atomic mass is 16.5. The van der Waals surface area contributed by atoms with Crippen molar-refractivity contribution in [3.8, 4) is 5.75 Å². The molecule has 1 aromatic rings. The van der Waals surface area contributed by atoms with Gasteiger partial charge in [0.05, 0.1) is 7.11 Å². The van der Waals surface area contributed by atoms with E-state index in [9.17, 15) is 4.79 Å². The Labute approximate surface area is 139 Å². The number of carbonyl (C=O) groups excluding carboxylic acids is 1. The maximum atomic E-state index is 11.5. The number of hydrogen-bond donors (Lipinski definition) is 0. The van der Waals surface area contributed by atoms with E-state index in [0.29, 0.717) is 11.3 Å². The number of nitrogens with zero attached hydrogens (tertiary/aromatic N) is 2. The minimum Gasteiger partial charge on any atom is -0.496 e. The Hall–Kier alpha value is -1.55. The summed E-state index contributed by atoms with van der Waals surface area (Å²) >= 11 is 0. The maximum Gasteiger partial charge on any atom is 0.219 e. The first-order valence-corrected chi connectivity index (χ1v) is 8.57. The van der Waals surface area contributed by atoms with Crippen molar-refractivity contribution in [2.75, 3.05) is 33.3 Å². The Morgan fingerprint density at radius 3 is 2.61 bits per heavy atom. The fraction of sp³-hybridized carbons (Fsp3) is 0.632. The molecule has 1 amide bonds. The van der Waals surface area contributed by atoms with Gasteiger partial charge >= 0.3 is 0 Å². The molecule has 0 saturated carbocycles. The van der Waals surface area contributed by atoms with Gasteiger partial charge in [0.2, 0.25) is 5.91 Å². The van der Waals surface area contributed by atoms with Crippen molar-refractivity contribution >= 4 is 5.91 Å². The molecule has 1 spiro atoms. The first-order valence-electron chi connectivity index (χ1n) is 8.57. The number of amides is 1. The Bertz CT molecular complexity index is 591. The van der Waals surface area contributed by atoms with Crippen LogP contribution in [0.5, 0.6) is 5.75 Å². The van der Waals surface area contributed by atoms with Crippen LogP contribution in [0.25, 0.3) is 0 Å². The normalized spacial score (nSPS) is 20.1. The first-order chi connectivity index (χ1) is 10.9. The van der Waals surface area contributed by atoms with Crippen LogP contribution in [0.1, 0.15) is 44.2 Å². The van der Waals surface area contributed by atoms with Crippen molar-refractivity contribution in [2.24, 2.45) is 5.41 Å². The second kappa shape index (κ2) is 6.16. The van der Waals surface area contributed by atoms with E-state index in [1.54, 1.807) is 14.0 Å². The van der Waals surface area contributed by atoms with Gasteiger partial charge in [0.15, 0.2) is 0 Å². The summed E-state index contributed by atoms with van der Waals surface area (Å²) in [5.74, 6) is 1.72. The third kappa shape index (κ3) is 3.23. The summed E-state index contributed by atoms with van der Waals surface area (Å²) in [6, 6.07) is 6.59. The number of benzene rings is 1. The molecule has 2 heterocycles. The summed E-state index contributed by atoms with van der Waals surface area (Å²) in [7, 11) is 1.75. The van der Waals surface area contributed by atoms with E-state index in [2.05, 4.69) is 36.9 Å². The minimum atomic E-state index is 0.214. The summed E-state index contributed by atoms with van der Waals surface area (Å²) in [6.45, 7) is 11.1. The molecule has 4 nitrogen and oxygen atoms in total. The molecule has 0 unspecified atom stereocenters. The Morgan fingerprint density at radius 2 is 2.04 bits per heavy atom. The van der Waals surface area contributed by atoms with E-state index in [-0.39, 0.29) is 5.91 Å². The number of likely N-dealkylation sites (tertiary alicyclic amines) is 2. The molecule has 23 heavy (non-hydrogen) atoms. The van der Waals surface area contributed by atoms with Crippen molar-refractivity contribution in [3.63, 3.8) is 0 Å². The number of ether oxygens (including phenoxy) is 1. The van der Waals surface area contributed by atoms with Gasteiger partial charge in [-0.05, 0) is 24.0 Å². The Morgan fingerprint density at radius 1 is 1.30 bits per heavy atom. The molecule has 3 rings (SSSR count). The molecule has 0 atom stereocenters. The first kappa shape index (κ1) is 16.3. The van der Waals surface area contributed by atoms with Gasteiger partial charge in [-0.3, -0.25) is 9.69 Å². The molecule has 0 bridgehead atoms. The molecule has 2 aliphatic rings. The van der Waals surface area contributed by atoms with E-state index in [4.69, 9.17) is 4.74 Å². The molecule has 2 saturated heterocycles. The molecule has 0 aliphatic carbocycles. The Kier molecular flexibility index (Phi) is 4.37. The van der Waals surface area contributed by atoms with Crippen molar-refractivity contribution in [1.82, 2.24) is 9.80 Å². The van der Waals surface area contributed by atoms with Crippen molar-refractivity contribution < 1.29 is 9.53 Å². The van der Waals surface area contributed by atoms with Gasteiger partial charge in [-0.1, -0.05) is 26.0 Å². The molecule has 0 N–H and O–H groups in total. The topological polar surface area (TPSA) is 32.8 Å². The zero-order valence-corrected chi connectivity index (χ0v) is 14.8. The van der Waals surface area contributed by atoms with Crippen LogP contribution in [0, 0.1) is 5.41 Å². The predicted octanol–water partition coefficient (Wildman–Crippen LogP) is 2.87. The van der Waals surface area contributed by atoms with Crippen LogP contribution in [-0.2, 0) is 11.3 Å². The zero-order valence-electron chi connectivity index (χ0n) is 14.8. The van der Waals surface area contributed by atoms with Gasteiger partial charge in [0.25, 0.3) is 0 Å². The summed E-state index contributed by atoms with van der Waals surface area (Å²) in [5, 5.41) is 0. The molecule has 0 aromatic heterocycles. The summed E-state index contributed by atoms with van der Waals surface area (Å²) in [6.07, 6.45) is 1.15. The molecular weight excluding hydrogens is 288 g/mol. The van der Waals surface area contributed by atoms with Gasteiger partial charge in [-0.25, -0.2) is 0 Å². The van der Waals surface area contributed by atoms with Crippen LogP contribution >= 0.6 is 0 Å². The highest BCUT2D eigenvalue weighted by molar-refractivity contribution is 5.73. The second-order valence-corrected chi connectivity index (χ2v) is 7.56. The van der Waals surface area contributed by atoms with Crippen molar-refractivity contribution in [3.05, 3.63) is 29.3 Å². The van der Waals surface area contributed by atoms with Crippen LogP contribution in [0.3, 0.4) is 0 Å². The SMILES string of the molecule is COc1cc(C(C)C)ccc1CN1CC2(CCN(C(C)=O)C2)C1. The lowest BCUT2D eigenvalue weighted by atomic mass is 9.79. The molecule has 2 fully saturated rings. The quantitative estimate of drug-likeness (QED) is 0.856. The monoisotopic (exact) mass is 316 g/mol. The van der Waals surface area contributed by atoms with E-state index >= 15 is 0 Å². The van der Waals surface area contributed by atoms with Crippen LogP contribution < -0.4 is 4.74 Å². The van der Waals surface area contributed by atoms with Crippen molar-refractivity contribution in [1.29, 1.82) is 0 Å². The highest BCUT2D eigenvalue weighted by Crippen LogP contribution is 2.40. The average Bonchev–Trinajstić information content (AvgIpc) is 2.92. The van der Waals surface area contributed by atoms with E-state index in [0.717, 1.165) is 44.9 Å². The molecule has 2 aliphatic heterocycles. The lowest BCUT2D eigenvalue weighted by Gasteiger charge is -2.48. The lowest BCUT2D eigenvalue weighted by molar-refractivity contribution is -0.128. The fourth-order valence-corrected chi connectivity index (χ4v) is 3.97. The summed E-state index contributed by atoms with van der Waals surface area (Å²) in [4.78, 5) is 16.0. The summed E-state index contributed by atoms with van der Waals surface area (Å²) in [5.41, 5.74) is 2.92. The molecule has 1 aromatic carbocycles. The minimum absolute atomic E-state index is 0.214. The fourth-order valence-electron chi connectivity index (χ4n) is 3.97.